The fourth-order valence-corrected chi connectivity index (χ4v) is 1.97. The Morgan fingerprint density at radius 2 is 1.81 bits per heavy atom. The highest BCUT2D eigenvalue weighted by Crippen LogP contribution is 2.25. The van der Waals surface area contributed by atoms with E-state index in [0.717, 1.165) is 5.57 Å². The summed E-state index contributed by atoms with van der Waals surface area (Å²) in [6.45, 7) is 10.9. The second-order valence-corrected chi connectivity index (χ2v) is 6.06. The van der Waals surface area contributed by atoms with Gasteiger partial charge in [0, 0.05) is 11.6 Å². The van der Waals surface area contributed by atoms with Gasteiger partial charge in [0.2, 0.25) is 5.91 Å². The lowest BCUT2D eigenvalue weighted by atomic mass is 9.85. The SMILES string of the molecule is C=C(C)CC(C)C(=O)Nc1ccc(C(C)(C)C(=O)O)cc1. The van der Waals surface area contributed by atoms with Crippen molar-refractivity contribution in [2.45, 2.75) is 39.5 Å². The van der Waals surface area contributed by atoms with Crippen molar-refractivity contribution in [1.82, 2.24) is 0 Å². The number of carboxylic acids is 1. The number of carbonyl (C=O) groups excluding carboxylic acids is 1. The average Bonchev–Trinajstić information content (AvgIpc) is 2.38. The van der Waals surface area contributed by atoms with E-state index in [4.69, 9.17) is 0 Å². The van der Waals surface area contributed by atoms with Gasteiger partial charge in [-0.25, -0.2) is 0 Å². The first kappa shape index (κ1) is 17.0. The van der Waals surface area contributed by atoms with E-state index in [2.05, 4.69) is 11.9 Å². The van der Waals surface area contributed by atoms with Crippen molar-refractivity contribution in [3.63, 3.8) is 0 Å². The molecule has 0 fully saturated rings. The number of carbonyl (C=O) groups is 2. The molecule has 1 aromatic rings. The highest BCUT2D eigenvalue weighted by molar-refractivity contribution is 5.92. The topological polar surface area (TPSA) is 66.4 Å². The highest BCUT2D eigenvalue weighted by Gasteiger charge is 2.29. The van der Waals surface area contributed by atoms with Gasteiger partial charge in [0.15, 0.2) is 0 Å². The van der Waals surface area contributed by atoms with Gasteiger partial charge in [-0.05, 0) is 44.9 Å². The molecule has 0 spiro atoms. The molecule has 0 aliphatic heterocycles. The number of aliphatic carboxylic acids is 1. The Morgan fingerprint density at radius 1 is 1.29 bits per heavy atom. The number of hydrogen-bond acceptors (Lipinski definition) is 2. The third kappa shape index (κ3) is 4.45. The van der Waals surface area contributed by atoms with E-state index in [0.29, 0.717) is 17.7 Å². The first-order valence-electron chi connectivity index (χ1n) is 6.93. The minimum atomic E-state index is -0.949. The molecular weight excluding hydrogens is 266 g/mol. The summed E-state index contributed by atoms with van der Waals surface area (Å²) in [4.78, 5) is 23.2. The van der Waals surface area contributed by atoms with Gasteiger partial charge in [0.1, 0.15) is 0 Å². The number of nitrogens with one attached hydrogen (secondary N) is 1. The summed E-state index contributed by atoms with van der Waals surface area (Å²) < 4.78 is 0. The lowest BCUT2D eigenvalue weighted by Gasteiger charge is -2.20. The monoisotopic (exact) mass is 289 g/mol. The van der Waals surface area contributed by atoms with Crippen LogP contribution in [0.1, 0.15) is 39.7 Å². The van der Waals surface area contributed by atoms with Crippen LogP contribution in [0.4, 0.5) is 5.69 Å². The summed E-state index contributed by atoms with van der Waals surface area (Å²) in [5.41, 5.74) is 1.38. The highest BCUT2D eigenvalue weighted by atomic mass is 16.4. The molecule has 4 heteroatoms. The Bertz CT molecular complexity index is 544. The third-order valence-corrected chi connectivity index (χ3v) is 3.51. The van der Waals surface area contributed by atoms with Crippen LogP contribution in [0.5, 0.6) is 0 Å². The number of rotatable bonds is 6. The van der Waals surface area contributed by atoms with Crippen LogP contribution in [0.2, 0.25) is 0 Å². The number of allylic oxidation sites excluding steroid dienone is 1. The molecule has 1 aromatic carbocycles. The van der Waals surface area contributed by atoms with Gasteiger partial charge in [-0.2, -0.15) is 0 Å². The van der Waals surface area contributed by atoms with E-state index in [1.165, 1.54) is 0 Å². The molecule has 1 amide bonds. The van der Waals surface area contributed by atoms with E-state index in [-0.39, 0.29) is 11.8 Å². The van der Waals surface area contributed by atoms with Gasteiger partial charge < -0.3 is 10.4 Å². The van der Waals surface area contributed by atoms with E-state index in [1.54, 1.807) is 38.1 Å². The van der Waals surface area contributed by atoms with Crippen LogP contribution in [0.25, 0.3) is 0 Å². The van der Waals surface area contributed by atoms with E-state index < -0.39 is 11.4 Å². The molecule has 4 nitrogen and oxygen atoms in total. The van der Waals surface area contributed by atoms with Gasteiger partial charge in [-0.15, -0.1) is 6.58 Å². The fourth-order valence-electron chi connectivity index (χ4n) is 1.97. The van der Waals surface area contributed by atoms with Gasteiger partial charge in [-0.1, -0.05) is 24.6 Å². The largest absolute Gasteiger partial charge is 0.481 e. The summed E-state index contributed by atoms with van der Waals surface area (Å²) in [5.74, 6) is -1.09. The Hall–Kier alpha value is -2.10. The molecule has 0 bridgehead atoms. The summed E-state index contributed by atoms with van der Waals surface area (Å²) in [7, 11) is 0. The lowest BCUT2D eigenvalue weighted by Crippen LogP contribution is -2.28. The maximum atomic E-state index is 12.0. The second kappa shape index (κ2) is 6.57. The van der Waals surface area contributed by atoms with Crippen LogP contribution in [0.15, 0.2) is 36.4 Å². The van der Waals surface area contributed by atoms with Gasteiger partial charge in [-0.3, -0.25) is 9.59 Å². The first-order valence-corrected chi connectivity index (χ1v) is 6.93. The summed E-state index contributed by atoms with van der Waals surface area (Å²) in [6, 6.07) is 6.91. The molecular formula is C17H23NO3. The molecule has 1 atom stereocenters. The van der Waals surface area contributed by atoms with Gasteiger partial charge in [0.25, 0.3) is 0 Å². The van der Waals surface area contributed by atoms with Crippen molar-refractivity contribution in [3.8, 4) is 0 Å². The van der Waals surface area contributed by atoms with Gasteiger partial charge in [0.05, 0.1) is 5.41 Å². The predicted octanol–water partition coefficient (Wildman–Crippen LogP) is 3.59. The molecule has 0 saturated carbocycles. The quantitative estimate of drug-likeness (QED) is 0.786. The number of benzene rings is 1. The third-order valence-electron chi connectivity index (χ3n) is 3.51. The standard InChI is InChI=1S/C17H23NO3/c1-11(2)10-12(3)15(19)18-14-8-6-13(7-9-14)17(4,5)16(20)21/h6-9,12H,1,10H2,2-5H3,(H,18,19)(H,20,21). The number of hydrogen-bond donors (Lipinski definition) is 2. The molecule has 0 heterocycles. The average molecular weight is 289 g/mol. The van der Waals surface area contributed by atoms with Crippen molar-refractivity contribution in [2.24, 2.45) is 5.92 Å². The smallest absolute Gasteiger partial charge is 0.313 e. The first-order chi connectivity index (χ1) is 9.64. The molecule has 0 aromatic heterocycles. The number of carboxylic acid groups (broad SMARTS) is 1. The van der Waals surface area contributed by atoms with Crippen molar-refractivity contribution >= 4 is 17.6 Å². The molecule has 0 saturated heterocycles. The Kier molecular flexibility index (Phi) is 5.30. The maximum absolute atomic E-state index is 12.0. The zero-order chi connectivity index (χ0) is 16.2. The minimum Gasteiger partial charge on any atom is -0.481 e. The van der Waals surface area contributed by atoms with Crippen LogP contribution in [-0.4, -0.2) is 17.0 Å². The molecule has 0 aliphatic rings. The van der Waals surface area contributed by atoms with Crippen LogP contribution < -0.4 is 5.32 Å². The fraction of sp³-hybridized carbons (Fsp3) is 0.412. The van der Waals surface area contributed by atoms with Crippen LogP contribution in [0.3, 0.4) is 0 Å². The Balaban J connectivity index is 2.78. The van der Waals surface area contributed by atoms with Crippen LogP contribution in [0, 0.1) is 5.92 Å². The van der Waals surface area contributed by atoms with Crippen molar-refractivity contribution < 1.29 is 14.7 Å². The molecule has 0 aliphatic carbocycles. The minimum absolute atomic E-state index is 0.0664. The maximum Gasteiger partial charge on any atom is 0.313 e. The van der Waals surface area contributed by atoms with E-state index in [1.807, 2.05) is 13.8 Å². The summed E-state index contributed by atoms with van der Waals surface area (Å²) in [6.07, 6.45) is 0.649. The number of anilines is 1. The van der Waals surface area contributed by atoms with E-state index in [9.17, 15) is 14.7 Å². The second-order valence-electron chi connectivity index (χ2n) is 6.06. The van der Waals surface area contributed by atoms with Crippen molar-refractivity contribution in [3.05, 3.63) is 42.0 Å². The lowest BCUT2D eigenvalue weighted by molar-refractivity contribution is -0.142. The van der Waals surface area contributed by atoms with Crippen LogP contribution >= 0.6 is 0 Å². The number of amides is 1. The molecule has 1 rings (SSSR count). The molecule has 21 heavy (non-hydrogen) atoms. The molecule has 0 radical (unpaired) electrons. The Labute approximate surface area is 125 Å². The van der Waals surface area contributed by atoms with Crippen molar-refractivity contribution in [1.29, 1.82) is 0 Å². The zero-order valence-electron chi connectivity index (χ0n) is 13.1. The normalized spacial score (nSPS) is 12.6. The molecule has 1 unspecified atom stereocenters. The zero-order valence-corrected chi connectivity index (χ0v) is 13.1. The Morgan fingerprint density at radius 3 is 2.24 bits per heavy atom. The van der Waals surface area contributed by atoms with Crippen molar-refractivity contribution in [2.75, 3.05) is 5.32 Å². The predicted molar refractivity (Wildman–Crippen MR) is 84.3 cm³/mol. The van der Waals surface area contributed by atoms with Gasteiger partial charge >= 0.3 is 5.97 Å². The van der Waals surface area contributed by atoms with E-state index >= 15 is 0 Å². The summed E-state index contributed by atoms with van der Waals surface area (Å²) in [5, 5.41) is 12.0. The summed E-state index contributed by atoms with van der Waals surface area (Å²) >= 11 is 0. The van der Waals surface area contributed by atoms with Crippen LogP contribution in [-0.2, 0) is 15.0 Å². The molecule has 2 N–H and O–H groups in total. The molecule has 114 valence electrons.